The molecule has 0 spiro atoms. The molecule has 0 atom stereocenters. The van der Waals surface area contributed by atoms with E-state index >= 15 is 0 Å². The molecule has 0 saturated carbocycles. The van der Waals surface area contributed by atoms with Crippen LogP contribution in [-0.2, 0) is 0 Å². The highest BCUT2D eigenvalue weighted by atomic mass is 32.2. The lowest BCUT2D eigenvalue weighted by Gasteiger charge is -2.15. The van der Waals surface area contributed by atoms with Gasteiger partial charge < -0.3 is 11.1 Å². The Kier molecular flexibility index (Phi) is 24.5. The van der Waals surface area contributed by atoms with Crippen LogP contribution in [-0.4, -0.2) is 12.3 Å². The molecular formula is C35H50N2S. The summed E-state index contributed by atoms with van der Waals surface area (Å²) in [7, 11) is 0. The van der Waals surface area contributed by atoms with Crippen molar-refractivity contribution in [2.24, 2.45) is 5.73 Å². The van der Waals surface area contributed by atoms with Gasteiger partial charge in [0.05, 0.1) is 0 Å². The summed E-state index contributed by atoms with van der Waals surface area (Å²) in [4.78, 5) is 0. The zero-order valence-electron chi connectivity index (χ0n) is 24.6. The Balaban J connectivity index is 0. The van der Waals surface area contributed by atoms with Crippen molar-refractivity contribution in [3.8, 4) is 12.8 Å². The fraction of sp³-hybridized carbons (Fsp3) is 0.314. The van der Waals surface area contributed by atoms with Crippen molar-refractivity contribution in [2.45, 2.75) is 60.8 Å². The van der Waals surface area contributed by atoms with Crippen molar-refractivity contribution >= 4 is 22.9 Å². The van der Waals surface area contributed by atoms with Crippen molar-refractivity contribution in [3.63, 3.8) is 0 Å². The van der Waals surface area contributed by atoms with Gasteiger partial charge in [0, 0.05) is 23.7 Å². The fourth-order valence-corrected chi connectivity index (χ4v) is 3.93. The Hall–Kier alpha value is -3.35. The van der Waals surface area contributed by atoms with E-state index in [4.69, 9.17) is 5.73 Å². The summed E-state index contributed by atoms with van der Waals surface area (Å²) in [5.41, 5.74) is 14.0. The Morgan fingerprint density at radius 1 is 1.13 bits per heavy atom. The van der Waals surface area contributed by atoms with Crippen LogP contribution < -0.4 is 11.1 Å². The van der Waals surface area contributed by atoms with Crippen molar-refractivity contribution in [2.75, 3.05) is 12.3 Å². The molecule has 0 aliphatic heterocycles. The Morgan fingerprint density at radius 3 is 2.37 bits per heavy atom. The van der Waals surface area contributed by atoms with Crippen molar-refractivity contribution in [3.05, 3.63) is 120 Å². The normalized spacial score (nSPS) is 13.1. The van der Waals surface area contributed by atoms with Gasteiger partial charge in [-0.15, -0.1) is 31.2 Å². The van der Waals surface area contributed by atoms with E-state index in [1.54, 1.807) is 6.08 Å². The van der Waals surface area contributed by atoms with E-state index in [9.17, 15) is 0 Å². The van der Waals surface area contributed by atoms with E-state index in [1.165, 1.54) is 27.8 Å². The maximum Gasteiger partial charge on any atom is 0.0300 e. The van der Waals surface area contributed by atoms with Crippen LogP contribution in [0, 0.1) is 12.8 Å². The molecule has 0 saturated heterocycles. The molecule has 2 rings (SSSR count). The van der Waals surface area contributed by atoms with Crippen LogP contribution in [0.25, 0.3) is 11.1 Å². The van der Waals surface area contributed by atoms with E-state index in [1.807, 2.05) is 38.6 Å². The first-order valence-corrected chi connectivity index (χ1v) is 14.4. The van der Waals surface area contributed by atoms with E-state index in [0.717, 1.165) is 43.0 Å². The predicted molar refractivity (Wildman–Crippen MR) is 179 cm³/mol. The van der Waals surface area contributed by atoms with E-state index < -0.39 is 0 Å². The van der Waals surface area contributed by atoms with E-state index in [-0.39, 0.29) is 0 Å². The van der Waals surface area contributed by atoms with Gasteiger partial charge in [0.1, 0.15) is 0 Å². The van der Waals surface area contributed by atoms with Gasteiger partial charge >= 0.3 is 0 Å². The van der Waals surface area contributed by atoms with Crippen LogP contribution in [0.15, 0.2) is 108 Å². The molecule has 3 N–H and O–H groups in total. The summed E-state index contributed by atoms with van der Waals surface area (Å²) < 4.78 is 0. The average molecular weight is 531 g/mol. The number of allylic oxidation sites excluding steroid dienone is 12. The SMILES string of the molecule is C#C.C=C(NCCS/C=C(\C)c1cccc(C(/C=C\C)=C/C=C/CC)c1)C1=CC=C(N)CC1.C=CC.CC. The third kappa shape index (κ3) is 16.4. The molecule has 206 valence electrons. The number of rotatable bonds is 11. The number of hydrogen-bond acceptors (Lipinski definition) is 3. The van der Waals surface area contributed by atoms with Crippen molar-refractivity contribution < 1.29 is 0 Å². The smallest absolute Gasteiger partial charge is 0.0300 e. The third-order valence-electron chi connectivity index (χ3n) is 5.03. The Bertz CT molecular complexity index is 1010. The second-order valence-electron chi connectivity index (χ2n) is 7.96. The lowest BCUT2D eigenvalue weighted by Crippen LogP contribution is -2.18. The van der Waals surface area contributed by atoms with Crippen LogP contribution in [0.5, 0.6) is 0 Å². The van der Waals surface area contributed by atoms with Crippen LogP contribution in [0.3, 0.4) is 0 Å². The van der Waals surface area contributed by atoms with Gasteiger partial charge in [0.15, 0.2) is 0 Å². The molecule has 0 heterocycles. The van der Waals surface area contributed by atoms with Gasteiger partial charge in [-0.2, -0.15) is 0 Å². The Morgan fingerprint density at radius 2 is 1.79 bits per heavy atom. The lowest BCUT2D eigenvalue weighted by atomic mass is 9.99. The second-order valence-corrected chi connectivity index (χ2v) is 8.94. The van der Waals surface area contributed by atoms with E-state index in [2.05, 4.69) is 118 Å². The first kappa shape index (κ1) is 36.8. The van der Waals surface area contributed by atoms with Crippen molar-refractivity contribution in [1.82, 2.24) is 5.32 Å². The number of nitrogens with two attached hydrogens (primary N) is 1. The number of terminal acetylenes is 1. The predicted octanol–water partition coefficient (Wildman–Crippen LogP) is 9.84. The highest BCUT2D eigenvalue weighted by Crippen LogP contribution is 2.24. The quantitative estimate of drug-likeness (QED) is 0.129. The van der Waals surface area contributed by atoms with Crippen LogP contribution in [0.4, 0.5) is 0 Å². The maximum absolute atomic E-state index is 5.83. The molecule has 38 heavy (non-hydrogen) atoms. The molecule has 0 aromatic heterocycles. The molecule has 1 aliphatic carbocycles. The second kappa shape index (κ2) is 25.3. The fourth-order valence-electron chi connectivity index (χ4n) is 3.21. The van der Waals surface area contributed by atoms with Crippen LogP contribution in [0.1, 0.15) is 71.9 Å². The summed E-state index contributed by atoms with van der Waals surface area (Å²) >= 11 is 1.83. The van der Waals surface area contributed by atoms with Crippen molar-refractivity contribution in [1.29, 1.82) is 0 Å². The average Bonchev–Trinajstić information content (AvgIpc) is 2.95. The number of thioether (sulfide) groups is 1. The van der Waals surface area contributed by atoms with Crippen LogP contribution in [0.2, 0.25) is 0 Å². The molecule has 0 unspecified atom stereocenters. The molecule has 0 bridgehead atoms. The minimum absolute atomic E-state index is 0.891. The molecule has 1 aliphatic rings. The largest absolute Gasteiger partial charge is 0.402 e. The standard InChI is InChI=1S/C28H36N2S.C3H6.C2H6.C2H2/c1-5-7-8-11-25(10-6-2)27-13-9-12-26(20-27)22(3)21-31-19-18-30-23(4)24-14-16-28(29)17-15-24;1-3-2;2*1-2/h6-14,16,20-21,30H,4-5,15,17-19,29H2,1-3H3;3H,1H2,2H3;1-2H3;1-2H/b8-7+,10-6-,22-21+,25-11+;;;. The highest BCUT2D eigenvalue weighted by Gasteiger charge is 2.07. The molecule has 1 aromatic rings. The van der Waals surface area contributed by atoms with Gasteiger partial charge in [0.2, 0.25) is 0 Å². The topological polar surface area (TPSA) is 38.0 Å². The lowest BCUT2D eigenvalue weighted by molar-refractivity contribution is 0.821. The molecule has 3 heteroatoms. The number of hydrogen-bond donors (Lipinski definition) is 2. The summed E-state index contributed by atoms with van der Waals surface area (Å²) in [6.07, 6.45) is 27.5. The molecule has 0 amide bonds. The van der Waals surface area contributed by atoms with E-state index in [0.29, 0.717) is 0 Å². The van der Waals surface area contributed by atoms with Crippen LogP contribution >= 0.6 is 11.8 Å². The summed E-state index contributed by atoms with van der Waals surface area (Å²) in [5, 5.41) is 5.69. The molecule has 0 radical (unpaired) electrons. The minimum Gasteiger partial charge on any atom is -0.402 e. The van der Waals surface area contributed by atoms with Gasteiger partial charge in [-0.25, -0.2) is 0 Å². The Labute approximate surface area is 239 Å². The summed E-state index contributed by atoms with van der Waals surface area (Å²) in [5.74, 6) is 0.993. The molecule has 0 fully saturated rings. The van der Waals surface area contributed by atoms with Gasteiger partial charge in [-0.3, -0.25) is 0 Å². The zero-order valence-corrected chi connectivity index (χ0v) is 25.4. The summed E-state index contributed by atoms with van der Waals surface area (Å²) in [6, 6.07) is 8.76. The first-order valence-electron chi connectivity index (χ1n) is 13.3. The summed E-state index contributed by atoms with van der Waals surface area (Å²) in [6.45, 7) is 20.7. The van der Waals surface area contributed by atoms with Gasteiger partial charge in [0.25, 0.3) is 0 Å². The van der Waals surface area contributed by atoms with Gasteiger partial charge in [-0.1, -0.05) is 88.1 Å². The minimum atomic E-state index is 0.891. The highest BCUT2D eigenvalue weighted by molar-refractivity contribution is 8.02. The zero-order chi connectivity index (χ0) is 29.2. The monoisotopic (exact) mass is 530 g/mol. The molecule has 2 nitrogen and oxygen atoms in total. The number of benzene rings is 1. The first-order chi connectivity index (χ1) is 18.5. The third-order valence-corrected chi connectivity index (χ3v) is 5.99. The maximum atomic E-state index is 5.83. The number of nitrogens with one attached hydrogen (secondary N) is 1. The molecular weight excluding hydrogens is 480 g/mol. The molecule has 1 aromatic carbocycles. The van der Waals surface area contributed by atoms with Gasteiger partial charge in [-0.05, 0) is 85.4 Å².